The molecule has 106 valence electrons. The summed E-state index contributed by atoms with van der Waals surface area (Å²) in [7, 11) is 0. The number of imidazole rings is 1. The zero-order valence-electron chi connectivity index (χ0n) is 12.0. The van der Waals surface area contributed by atoms with E-state index in [9.17, 15) is 4.91 Å². The second-order valence-electron chi connectivity index (χ2n) is 5.50. The first-order valence-electron chi connectivity index (χ1n) is 7.16. The monoisotopic (exact) mass is 279 g/mol. The van der Waals surface area contributed by atoms with Gasteiger partial charge in [-0.2, -0.15) is 4.91 Å². The van der Waals surface area contributed by atoms with Crippen LogP contribution in [-0.4, -0.2) is 9.55 Å². The van der Waals surface area contributed by atoms with Gasteiger partial charge in [-0.05, 0) is 43.0 Å². The van der Waals surface area contributed by atoms with E-state index in [1.54, 1.807) is 12.5 Å². The Balaban J connectivity index is 1.80. The summed E-state index contributed by atoms with van der Waals surface area (Å²) in [4.78, 5) is 15.2. The molecule has 0 spiro atoms. The van der Waals surface area contributed by atoms with Crippen LogP contribution in [-0.2, 0) is 6.54 Å². The highest BCUT2D eigenvalue weighted by atomic mass is 16.3. The summed E-state index contributed by atoms with van der Waals surface area (Å²) in [5, 5.41) is 3.27. The molecule has 1 aromatic carbocycles. The molecular weight excluding hydrogens is 262 g/mol. The Morgan fingerprint density at radius 3 is 2.95 bits per heavy atom. The van der Waals surface area contributed by atoms with Gasteiger partial charge in [0.05, 0.1) is 12.9 Å². The van der Waals surface area contributed by atoms with Crippen LogP contribution in [0.4, 0.5) is 0 Å². The number of benzene rings is 1. The van der Waals surface area contributed by atoms with Crippen molar-refractivity contribution in [2.24, 2.45) is 11.1 Å². The molecule has 0 amide bonds. The van der Waals surface area contributed by atoms with Crippen molar-refractivity contribution in [2.75, 3.05) is 0 Å². The Labute approximate surface area is 124 Å². The molecule has 1 aliphatic carbocycles. The van der Waals surface area contributed by atoms with Gasteiger partial charge in [-0.3, -0.25) is 0 Å². The molecule has 0 radical (unpaired) electrons. The van der Waals surface area contributed by atoms with Gasteiger partial charge < -0.3 is 4.57 Å². The standard InChI is InChI=1S/C17H17N3O/c1-13-10-15(5-4-14-2-3-14)6-7-16(13)17(19-21)11-20-9-8-18-12-20/h6-10,12,14,17H,2-3,11H2,1H3. The summed E-state index contributed by atoms with van der Waals surface area (Å²) < 4.78 is 1.87. The molecule has 2 aromatic rings. The van der Waals surface area contributed by atoms with Crippen LogP contribution in [0.1, 0.15) is 35.6 Å². The van der Waals surface area contributed by atoms with Crippen LogP contribution in [0, 0.1) is 29.6 Å². The molecule has 1 aromatic heterocycles. The van der Waals surface area contributed by atoms with Gasteiger partial charge in [0, 0.05) is 23.9 Å². The predicted molar refractivity (Wildman–Crippen MR) is 81.5 cm³/mol. The van der Waals surface area contributed by atoms with E-state index in [4.69, 9.17) is 0 Å². The number of rotatable bonds is 4. The second kappa shape index (κ2) is 5.92. The summed E-state index contributed by atoms with van der Waals surface area (Å²) in [5.41, 5.74) is 3.02. The molecule has 1 fully saturated rings. The normalized spacial score (nSPS) is 15.1. The van der Waals surface area contributed by atoms with E-state index in [1.165, 1.54) is 12.8 Å². The van der Waals surface area contributed by atoms with Crippen LogP contribution >= 0.6 is 0 Å². The molecule has 21 heavy (non-hydrogen) atoms. The Bertz CT molecular complexity index is 691. The second-order valence-corrected chi connectivity index (χ2v) is 5.50. The lowest BCUT2D eigenvalue weighted by atomic mass is 9.99. The third-order valence-electron chi connectivity index (χ3n) is 3.70. The highest BCUT2D eigenvalue weighted by Gasteiger charge is 2.18. The molecule has 1 heterocycles. The molecular formula is C17H17N3O. The van der Waals surface area contributed by atoms with Gasteiger partial charge in [0.15, 0.2) is 0 Å². The Hall–Kier alpha value is -2.41. The molecule has 1 unspecified atom stereocenters. The number of nitroso groups, excluding NO2 is 1. The van der Waals surface area contributed by atoms with Crippen molar-refractivity contribution in [1.29, 1.82) is 0 Å². The third-order valence-corrected chi connectivity index (χ3v) is 3.70. The fourth-order valence-electron chi connectivity index (χ4n) is 2.32. The number of hydrogen-bond acceptors (Lipinski definition) is 3. The van der Waals surface area contributed by atoms with E-state index in [0.717, 1.165) is 16.7 Å². The van der Waals surface area contributed by atoms with Crippen molar-refractivity contribution in [1.82, 2.24) is 9.55 Å². The van der Waals surface area contributed by atoms with Crippen molar-refractivity contribution in [2.45, 2.75) is 32.4 Å². The van der Waals surface area contributed by atoms with Gasteiger partial charge in [0.25, 0.3) is 0 Å². The van der Waals surface area contributed by atoms with Crippen LogP contribution in [0.25, 0.3) is 0 Å². The number of nitrogens with zero attached hydrogens (tertiary/aromatic N) is 3. The fraction of sp³-hybridized carbons (Fsp3) is 0.353. The van der Waals surface area contributed by atoms with Crippen LogP contribution in [0.2, 0.25) is 0 Å². The molecule has 0 saturated heterocycles. The van der Waals surface area contributed by atoms with E-state index in [-0.39, 0.29) is 0 Å². The van der Waals surface area contributed by atoms with Gasteiger partial charge in [-0.15, -0.1) is 0 Å². The third kappa shape index (κ3) is 3.38. The Morgan fingerprint density at radius 2 is 2.33 bits per heavy atom. The maximum Gasteiger partial charge on any atom is 0.135 e. The largest absolute Gasteiger partial charge is 0.335 e. The van der Waals surface area contributed by atoms with E-state index in [0.29, 0.717) is 12.5 Å². The summed E-state index contributed by atoms with van der Waals surface area (Å²) in [6.07, 6.45) is 7.69. The minimum absolute atomic E-state index is 0.398. The lowest BCUT2D eigenvalue weighted by molar-refractivity contribution is 0.573. The first kappa shape index (κ1) is 13.6. The molecule has 4 heteroatoms. The number of hydrogen-bond donors (Lipinski definition) is 0. The summed E-state index contributed by atoms with van der Waals surface area (Å²) in [5.74, 6) is 7.05. The highest BCUT2D eigenvalue weighted by molar-refractivity contribution is 5.42. The SMILES string of the molecule is Cc1cc(C#CC2CC2)ccc1C(Cn1ccnc1)N=O. The van der Waals surface area contributed by atoms with E-state index < -0.39 is 6.04 Å². The molecule has 4 nitrogen and oxygen atoms in total. The zero-order chi connectivity index (χ0) is 14.7. The van der Waals surface area contributed by atoms with Gasteiger partial charge in [0.2, 0.25) is 0 Å². The summed E-state index contributed by atoms with van der Waals surface area (Å²) in [6, 6.07) is 5.58. The van der Waals surface area contributed by atoms with Crippen molar-refractivity contribution >= 4 is 0 Å². The molecule has 0 bridgehead atoms. The summed E-state index contributed by atoms with van der Waals surface area (Å²) in [6.45, 7) is 2.52. The minimum Gasteiger partial charge on any atom is -0.335 e. The van der Waals surface area contributed by atoms with Crippen molar-refractivity contribution in [3.63, 3.8) is 0 Å². The van der Waals surface area contributed by atoms with Crippen LogP contribution in [0.5, 0.6) is 0 Å². The van der Waals surface area contributed by atoms with Crippen molar-refractivity contribution in [3.8, 4) is 11.8 Å². The smallest absolute Gasteiger partial charge is 0.135 e. The summed E-state index contributed by atoms with van der Waals surface area (Å²) >= 11 is 0. The van der Waals surface area contributed by atoms with Gasteiger partial charge in [0.1, 0.15) is 6.04 Å². The Morgan fingerprint density at radius 1 is 1.48 bits per heavy atom. The number of aryl methyl sites for hydroxylation is 1. The lowest BCUT2D eigenvalue weighted by Crippen LogP contribution is -2.07. The average Bonchev–Trinajstić information content (AvgIpc) is 3.18. The van der Waals surface area contributed by atoms with E-state index in [2.05, 4.69) is 22.0 Å². The Kier molecular flexibility index (Phi) is 3.83. The molecule has 0 aliphatic heterocycles. The van der Waals surface area contributed by atoms with E-state index >= 15 is 0 Å². The van der Waals surface area contributed by atoms with Crippen LogP contribution in [0.15, 0.2) is 42.1 Å². The highest BCUT2D eigenvalue weighted by Crippen LogP contribution is 2.28. The molecule has 0 N–H and O–H groups in total. The average molecular weight is 279 g/mol. The van der Waals surface area contributed by atoms with Gasteiger partial charge in [-0.25, -0.2) is 4.98 Å². The van der Waals surface area contributed by atoms with Gasteiger partial charge >= 0.3 is 0 Å². The minimum atomic E-state index is -0.398. The maximum atomic E-state index is 11.2. The first-order valence-corrected chi connectivity index (χ1v) is 7.16. The van der Waals surface area contributed by atoms with Crippen molar-refractivity contribution in [3.05, 3.63) is 58.5 Å². The van der Waals surface area contributed by atoms with Crippen LogP contribution < -0.4 is 0 Å². The first-order chi connectivity index (χ1) is 10.3. The lowest BCUT2D eigenvalue weighted by Gasteiger charge is -2.13. The quantitative estimate of drug-likeness (QED) is 0.635. The molecule has 1 saturated carbocycles. The molecule has 3 rings (SSSR count). The topological polar surface area (TPSA) is 47.2 Å². The zero-order valence-corrected chi connectivity index (χ0v) is 12.0. The number of aromatic nitrogens is 2. The van der Waals surface area contributed by atoms with Crippen LogP contribution in [0.3, 0.4) is 0 Å². The van der Waals surface area contributed by atoms with Crippen molar-refractivity contribution < 1.29 is 0 Å². The fourth-order valence-corrected chi connectivity index (χ4v) is 2.32. The molecule has 1 atom stereocenters. The maximum absolute atomic E-state index is 11.2. The molecule has 1 aliphatic rings. The van der Waals surface area contributed by atoms with E-state index in [1.807, 2.05) is 35.9 Å². The van der Waals surface area contributed by atoms with Gasteiger partial charge in [-0.1, -0.05) is 23.1 Å². The predicted octanol–water partition coefficient (Wildman–Crippen LogP) is 3.46.